The molecule has 3 unspecified atom stereocenters. The molecule has 3 atom stereocenters. The summed E-state index contributed by atoms with van der Waals surface area (Å²) >= 11 is 18.1. The van der Waals surface area contributed by atoms with Crippen LogP contribution in [0.2, 0.25) is 15.1 Å². The number of carbonyl (C=O) groups excluding carboxylic acids is 2. The summed E-state index contributed by atoms with van der Waals surface area (Å²) in [6, 6.07) is 7.68. The van der Waals surface area contributed by atoms with E-state index in [9.17, 15) is 33.0 Å². The molecule has 2 saturated heterocycles. The summed E-state index contributed by atoms with van der Waals surface area (Å²) in [5, 5.41) is 21.5. The van der Waals surface area contributed by atoms with E-state index in [0.717, 1.165) is 9.21 Å². The standard InChI is InChI=1S/C23H23Cl3N4O7S/c24-14-3-1-13(2-4-14)9-18-22(33)28(7-8-31)12-20-29(11-17(27-23(34)35)21(32)30(18)20)38(36,37)19-6-5-15(25)10-16(19)26/h1-6,10,17-18,20,27,31H,7-9,11-12H2,(H,34,35). The van der Waals surface area contributed by atoms with E-state index in [1.807, 2.05) is 0 Å². The minimum atomic E-state index is -4.43. The molecule has 0 saturated carbocycles. The maximum absolute atomic E-state index is 13.9. The van der Waals surface area contributed by atoms with E-state index in [1.54, 1.807) is 24.3 Å². The molecular formula is C23H23Cl3N4O7S. The summed E-state index contributed by atoms with van der Waals surface area (Å²) in [4.78, 5) is 40.7. The fourth-order valence-corrected chi connectivity index (χ4v) is 7.14. The largest absolute Gasteiger partial charge is 0.465 e. The lowest BCUT2D eigenvalue weighted by Gasteiger charge is -2.53. The minimum Gasteiger partial charge on any atom is -0.465 e. The highest BCUT2D eigenvalue weighted by atomic mass is 35.5. The molecule has 204 valence electrons. The molecule has 2 fully saturated rings. The predicted molar refractivity (Wildman–Crippen MR) is 139 cm³/mol. The molecule has 3 amide bonds. The van der Waals surface area contributed by atoms with Crippen LogP contribution in [-0.2, 0) is 26.0 Å². The third-order valence-electron chi connectivity index (χ3n) is 6.38. The number of nitrogens with one attached hydrogen (secondary N) is 1. The van der Waals surface area contributed by atoms with Crippen LogP contribution in [0.25, 0.3) is 0 Å². The molecule has 2 aromatic rings. The van der Waals surface area contributed by atoms with Crippen LogP contribution < -0.4 is 5.32 Å². The molecular weight excluding hydrogens is 583 g/mol. The molecule has 38 heavy (non-hydrogen) atoms. The Bertz CT molecular complexity index is 1360. The van der Waals surface area contributed by atoms with Crippen molar-refractivity contribution in [2.45, 2.75) is 29.6 Å². The molecule has 0 aliphatic carbocycles. The van der Waals surface area contributed by atoms with Crippen molar-refractivity contribution in [1.82, 2.24) is 19.4 Å². The van der Waals surface area contributed by atoms with E-state index in [0.29, 0.717) is 10.6 Å². The Morgan fingerprint density at radius 3 is 2.26 bits per heavy atom. The average Bonchev–Trinajstić information content (AvgIpc) is 2.84. The number of hydrogen-bond donors (Lipinski definition) is 3. The third kappa shape index (κ3) is 5.56. The van der Waals surface area contributed by atoms with E-state index >= 15 is 0 Å². The maximum Gasteiger partial charge on any atom is 0.405 e. The van der Waals surface area contributed by atoms with Gasteiger partial charge in [0.15, 0.2) is 0 Å². The van der Waals surface area contributed by atoms with Crippen molar-refractivity contribution in [3.8, 4) is 0 Å². The first kappa shape index (κ1) is 28.4. The lowest BCUT2D eigenvalue weighted by Crippen LogP contribution is -2.76. The van der Waals surface area contributed by atoms with Gasteiger partial charge in [0.2, 0.25) is 21.8 Å². The number of carboxylic acid groups (broad SMARTS) is 1. The number of β-amino-alcohol motifs (C(OH)–C–C–N with tert-alkyl or cyclic N) is 1. The van der Waals surface area contributed by atoms with E-state index in [4.69, 9.17) is 34.8 Å². The Morgan fingerprint density at radius 2 is 1.66 bits per heavy atom. The van der Waals surface area contributed by atoms with Gasteiger partial charge in [-0.25, -0.2) is 13.2 Å². The monoisotopic (exact) mass is 604 g/mol. The molecule has 11 nitrogen and oxygen atoms in total. The molecule has 2 heterocycles. The number of piperazine rings is 1. The van der Waals surface area contributed by atoms with Crippen molar-refractivity contribution >= 4 is 62.7 Å². The SMILES string of the molecule is O=C(O)NC1CN(S(=O)(=O)c2ccc(Cl)cc2Cl)C2CN(CCO)C(=O)C(Cc3ccc(Cl)cc3)N2C1=O. The van der Waals surface area contributed by atoms with Crippen LogP contribution >= 0.6 is 34.8 Å². The molecule has 15 heteroatoms. The number of carbonyl (C=O) groups is 3. The third-order valence-corrected chi connectivity index (χ3v) is 9.21. The van der Waals surface area contributed by atoms with E-state index < -0.39 is 52.7 Å². The lowest BCUT2D eigenvalue weighted by molar-refractivity contribution is -0.167. The van der Waals surface area contributed by atoms with Crippen LogP contribution in [-0.4, -0.2) is 95.1 Å². The summed E-state index contributed by atoms with van der Waals surface area (Å²) in [7, 11) is -4.43. The number of nitrogens with zero attached hydrogens (tertiary/aromatic N) is 3. The van der Waals surface area contributed by atoms with Gasteiger partial charge in [-0.1, -0.05) is 46.9 Å². The Kier molecular flexibility index (Phi) is 8.40. The smallest absolute Gasteiger partial charge is 0.405 e. The number of aliphatic hydroxyl groups excluding tert-OH is 1. The van der Waals surface area contributed by atoms with Crippen LogP contribution in [0.5, 0.6) is 0 Å². The number of rotatable bonds is 7. The van der Waals surface area contributed by atoms with Crippen molar-refractivity contribution in [2.24, 2.45) is 0 Å². The summed E-state index contributed by atoms with van der Waals surface area (Å²) in [6.07, 6.45) is -2.74. The van der Waals surface area contributed by atoms with Crippen LogP contribution in [0.1, 0.15) is 5.56 Å². The van der Waals surface area contributed by atoms with Crippen molar-refractivity contribution in [1.29, 1.82) is 0 Å². The number of halogens is 3. The summed E-state index contributed by atoms with van der Waals surface area (Å²) in [6.45, 7) is -1.27. The molecule has 0 radical (unpaired) electrons. The molecule has 0 aromatic heterocycles. The van der Waals surface area contributed by atoms with E-state index in [2.05, 4.69) is 5.32 Å². The molecule has 4 rings (SSSR count). The average molecular weight is 606 g/mol. The van der Waals surface area contributed by atoms with Gasteiger partial charge in [0, 0.05) is 29.6 Å². The zero-order chi connectivity index (χ0) is 27.8. The van der Waals surface area contributed by atoms with Crippen molar-refractivity contribution in [3.05, 3.63) is 63.1 Å². The summed E-state index contributed by atoms with van der Waals surface area (Å²) in [5.41, 5.74) is 0.633. The van der Waals surface area contributed by atoms with E-state index in [1.165, 1.54) is 23.1 Å². The van der Waals surface area contributed by atoms with Gasteiger partial charge in [-0.15, -0.1) is 0 Å². The van der Waals surface area contributed by atoms with Gasteiger partial charge in [-0.05, 0) is 35.9 Å². The van der Waals surface area contributed by atoms with Crippen LogP contribution in [0.3, 0.4) is 0 Å². The number of fused-ring (bicyclic) bond motifs is 1. The highest BCUT2D eigenvalue weighted by Gasteiger charge is 2.54. The van der Waals surface area contributed by atoms with Crippen LogP contribution in [0, 0.1) is 0 Å². The molecule has 2 aliphatic heterocycles. The van der Waals surface area contributed by atoms with Gasteiger partial charge >= 0.3 is 6.09 Å². The Hall–Kier alpha value is -2.61. The van der Waals surface area contributed by atoms with Crippen molar-refractivity contribution in [2.75, 3.05) is 26.2 Å². The normalized spacial score (nSPS) is 22.4. The topological polar surface area (TPSA) is 148 Å². The number of hydrogen-bond acceptors (Lipinski definition) is 6. The second kappa shape index (κ2) is 11.2. The molecule has 2 aromatic carbocycles. The first-order chi connectivity index (χ1) is 17.9. The Morgan fingerprint density at radius 1 is 1.00 bits per heavy atom. The minimum absolute atomic E-state index is 0.00441. The Labute approximate surface area is 233 Å². The highest BCUT2D eigenvalue weighted by Crippen LogP contribution is 2.34. The highest BCUT2D eigenvalue weighted by molar-refractivity contribution is 7.89. The molecule has 3 N–H and O–H groups in total. The maximum atomic E-state index is 13.9. The first-order valence-corrected chi connectivity index (χ1v) is 13.9. The lowest BCUT2D eigenvalue weighted by atomic mass is 9.97. The van der Waals surface area contributed by atoms with Gasteiger partial charge in [0.05, 0.1) is 18.2 Å². The quantitative estimate of drug-likeness (QED) is 0.437. The van der Waals surface area contributed by atoms with Gasteiger partial charge < -0.3 is 25.3 Å². The fraction of sp³-hybridized carbons (Fsp3) is 0.348. The summed E-state index contributed by atoms with van der Waals surface area (Å²) < 4.78 is 28.7. The van der Waals surface area contributed by atoms with Crippen LogP contribution in [0.15, 0.2) is 47.4 Å². The van der Waals surface area contributed by atoms with Crippen molar-refractivity contribution < 1.29 is 33.0 Å². The molecule has 0 bridgehead atoms. The van der Waals surface area contributed by atoms with Gasteiger partial charge in [0.25, 0.3) is 0 Å². The fourth-order valence-electron chi connectivity index (χ4n) is 4.68. The van der Waals surface area contributed by atoms with Gasteiger partial charge in [-0.3, -0.25) is 9.59 Å². The van der Waals surface area contributed by atoms with Gasteiger partial charge in [0.1, 0.15) is 23.1 Å². The van der Waals surface area contributed by atoms with Gasteiger partial charge in [-0.2, -0.15) is 4.31 Å². The first-order valence-electron chi connectivity index (χ1n) is 11.4. The zero-order valence-electron chi connectivity index (χ0n) is 19.6. The zero-order valence-corrected chi connectivity index (χ0v) is 22.7. The van der Waals surface area contributed by atoms with Crippen LogP contribution in [0.4, 0.5) is 4.79 Å². The number of benzene rings is 2. The number of amides is 3. The number of sulfonamides is 1. The predicted octanol–water partition coefficient (Wildman–Crippen LogP) is 1.89. The Balaban J connectivity index is 1.83. The number of aliphatic hydroxyl groups is 1. The van der Waals surface area contributed by atoms with E-state index in [-0.39, 0.29) is 41.1 Å². The second-order valence-corrected chi connectivity index (χ2v) is 11.9. The summed E-state index contributed by atoms with van der Waals surface area (Å²) in [5.74, 6) is -1.27. The molecule has 0 spiro atoms. The van der Waals surface area contributed by atoms with Crippen molar-refractivity contribution in [3.63, 3.8) is 0 Å². The second-order valence-electron chi connectivity index (χ2n) is 8.73. The molecule has 2 aliphatic rings.